The summed E-state index contributed by atoms with van der Waals surface area (Å²) >= 11 is 0. The van der Waals surface area contributed by atoms with E-state index in [1.165, 1.54) is 19.3 Å². The van der Waals surface area contributed by atoms with Gasteiger partial charge in [0.05, 0.1) is 6.20 Å². The summed E-state index contributed by atoms with van der Waals surface area (Å²) in [5, 5.41) is 4.18. The van der Waals surface area contributed by atoms with Gasteiger partial charge in [-0.3, -0.25) is 0 Å². The molecule has 0 aromatic carbocycles. The van der Waals surface area contributed by atoms with E-state index < -0.39 is 0 Å². The number of anilines is 1. The van der Waals surface area contributed by atoms with Gasteiger partial charge in [0.2, 0.25) is 0 Å². The molecule has 3 rings (SSSR count). The van der Waals surface area contributed by atoms with E-state index in [1.807, 2.05) is 18.3 Å². The first-order valence-corrected chi connectivity index (χ1v) is 7.09. The quantitative estimate of drug-likeness (QED) is 0.911. The first-order chi connectivity index (χ1) is 9.31. The molecule has 3 heterocycles. The summed E-state index contributed by atoms with van der Waals surface area (Å²) in [5.74, 6) is 1.83. The van der Waals surface area contributed by atoms with E-state index in [2.05, 4.69) is 21.9 Å². The van der Waals surface area contributed by atoms with Crippen molar-refractivity contribution >= 4 is 11.5 Å². The Balaban J connectivity index is 1.87. The molecule has 5 heteroatoms. The Kier molecular flexibility index (Phi) is 3.38. The minimum absolute atomic E-state index is 0.413. The Hall–Kier alpha value is -1.62. The number of aromatic nitrogens is 3. The van der Waals surface area contributed by atoms with Gasteiger partial charge < -0.3 is 10.6 Å². The van der Waals surface area contributed by atoms with Gasteiger partial charge in [-0.2, -0.15) is 5.10 Å². The summed E-state index contributed by atoms with van der Waals surface area (Å²) in [5.41, 5.74) is 6.85. The predicted octanol–water partition coefficient (Wildman–Crippen LogP) is 1.68. The fraction of sp³-hybridized carbons (Fsp3) is 0.571. The van der Waals surface area contributed by atoms with Crippen LogP contribution in [0.1, 0.15) is 26.2 Å². The zero-order valence-corrected chi connectivity index (χ0v) is 11.4. The van der Waals surface area contributed by atoms with Crippen LogP contribution in [0, 0.1) is 5.92 Å². The maximum atomic E-state index is 5.95. The first kappa shape index (κ1) is 12.4. The molecule has 0 aliphatic carbocycles. The fourth-order valence-electron chi connectivity index (χ4n) is 2.99. The van der Waals surface area contributed by atoms with Crippen molar-refractivity contribution in [3.63, 3.8) is 0 Å². The van der Waals surface area contributed by atoms with Gasteiger partial charge in [0.25, 0.3) is 0 Å². The zero-order valence-electron chi connectivity index (χ0n) is 11.4. The molecule has 1 aliphatic heterocycles. The number of rotatable bonds is 3. The van der Waals surface area contributed by atoms with Gasteiger partial charge in [-0.1, -0.05) is 13.3 Å². The largest absolute Gasteiger partial charge is 0.352 e. The van der Waals surface area contributed by atoms with Crippen LogP contribution in [0.25, 0.3) is 5.65 Å². The average molecular weight is 259 g/mol. The Morgan fingerprint density at radius 2 is 2.32 bits per heavy atom. The molecule has 2 aromatic rings. The van der Waals surface area contributed by atoms with Crippen LogP contribution in [0.3, 0.4) is 0 Å². The van der Waals surface area contributed by atoms with Crippen LogP contribution in [-0.4, -0.2) is 33.7 Å². The van der Waals surface area contributed by atoms with Crippen molar-refractivity contribution in [3.8, 4) is 0 Å². The molecular weight excluding hydrogens is 238 g/mol. The Labute approximate surface area is 113 Å². The lowest BCUT2D eigenvalue weighted by atomic mass is 9.89. The summed E-state index contributed by atoms with van der Waals surface area (Å²) < 4.78 is 1.79. The lowest BCUT2D eigenvalue weighted by molar-refractivity contribution is 0.334. The molecule has 2 atom stereocenters. The van der Waals surface area contributed by atoms with E-state index in [0.29, 0.717) is 12.6 Å². The van der Waals surface area contributed by atoms with E-state index >= 15 is 0 Å². The van der Waals surface area contributed by atoms with Crippen LogP contribution in [-0.2, 0) is 0 Å². The summed E-state index contributed by atoms with van der Waals surface area (Å²) in [6.07, 6.45) is 7.41. The molecule has 1 saturated heterocycles. The highest BCUT2D eigenvalue weighted by atomic mass is 15.3. The number of hydrogen-bond acceptors (Lipinski definition) is 4. The van der Waals surface area contributed by atoms with Crippen molar-refractivity contribution < 1.29 is 0 Å². The second-order valence-electron chi connectivity index (χ2n) is 5.30. The molecule has 0 saturated carbocycles. The van der Waals surface area contributed by atoms with Crippen LogP contribution in [0.4, 0.5) is 5.82 Å². The summed E-state index contributed by atoms with van der Waals surface area (Å²) in [6, 6.07) is 4.38. The number of nitrogens with two attached hydrogens (primary N) is 1. The molecule has 2 aromatic heterocycles. The number of hydrogen-bond donors (Lipinski definition) is 1. The Morgan fingerprint density at radius 3 is 3.11 bits per heavy atom. The minimum Gasteiger partial charge on any atom is -0.352 e. The van der Waals surface area contributed by atoms with Crippen molar-refractivity contribution in [2.75, 3.05) is 18.0 Å². The van der Waals surface area contributed by atoms with Gasteiger partial charge in [0, 0.05) is 31.4 Å². The van der Waals surface area contributed by atoms with Crippen LogP contribution in [0.2, 0.25) is 0 Å². The van der Waals surface area contributed by atoms with Crippen molar-refractivity contribution in [1.29, 1.82) is 0 Å². The standard InChI is InChI=1S/C14H21N5/c1-2-11-4-7-18(12(9-11)10-15)13-5-8-19-14(17-13)3-6-16-19/h3,5-6,8,11-12H,2,4,7,9-10,15H2,1H3. The molecule has 2 unspecified atom stereocenters. The van der Waals surface area contributed by atoms with Crippen molar-refractivity contribution in [2.24, 2.45) is 11.7 Å². The molecule has 0 bridgehead atoms. The van der Waals surface area contributed by atoms with E-state index in [-0.39, 0.29) is 0 Å². The lowest BCUT2D eigenvalue weighted by Crippen LogP contribution is -2.47. The molecule has 0 spiro atoms. The molecule has 1 aliphatic rings. The monoisotopic (exact) mass is 259 g/mol. The normalized spacial score (nSPS) is 24.0. The Morgan fingerprint density at radius 1 is 1.42 bits per heavy atom. The van der Waals surface area contributed by atoms with Crippen molar-refractivity contribution in [3.05, 3.63) is 24.5 Å². The number of nitrogens with zero attached hydrogens (tertiary/aromatic N) is 4. The summed E-state index contributed by atoms with van der Waals surface area (Å²) in [4.78, 5) is 7.04. The minimum atomic E-state index is 0.413. The zero-order chi connectivity index (χ0) is 13.2. The Bertz CT molecular complexity index is 550. The molecule has 2 N–H and O–H groups in total. The highest BCUT2D eigenvalue weighted by Gasteiger charge is 2.27. The third-order valence-electron chi connectivity index (χ3n) is 4.21. The molecular formula is C14H21N5. The predicted molar refractivity (Wildman–Crippen MR) is 76.2 cm³/mol. The third kappa shape index (κ3) is 2.30. The fourth-order valence-corrected chi connectivity index (χ4v) is 2.99. The van der Waals surface area contributed by atoms with E-state index in [1.54, 1.807) is 10.7 Å². The van der Waals surface area contributed by atoms with E-state index in [4.69, 9.17) is 5.73 Å². The van der Waals surface area contributed by atoms with Crippen LogP contribution >= 0.6 is 0 Å². The maximum absolute atomic E-state index is 5.95. The van der Waals surface area contributed by atoms with E-state index in [0.717, 1.165) is 23.9 Å². The topological polar surface area (TPSA) is 59.5 Å². The highest BCUT2D eigenvalue weighted by Crippen LogP contribution is 2.28. The van der Waals surface area contributed by atoms with Gasteiger partial charge in [-0.05, 0) is 24.8 Å². The van der Waals surface area contributed by atoms with Gasteiger partial charge in [-0.15, -0.1) is 0 Å². The molecule has 102 valence electrons. The van der Waals surface area contributed by atoms with Gasteiger partial charge >= 0.3 is 0 Å². The van der Waals surface area contributed by atoms with Crippen molar-refractivity contribution in [2.45, 2.75) is 32.2 Å². The second kappa shape index (κ2) is 5.17. The highest BCUT2D eigenvalue weighted by molar-refractivity contribution is 5.48. The van der Waals surface area contributed by atoms with Crippen LogP contribution in [0.15, 0.2) is 24.5 Å². The number of fused-ring (bicyclic) bond motifs is 1. The van der Waals surface area contributed by atoms with Gasteiger partial charge in [0.15, 0.2) is 5.65 Å². The van der Waals surface area contributed by atoms with Crippen LogP contribution < -0.4 is 10.6 Å². The molecule has 0 radical (unpaired) electrons. The van der Waals surface area contributed by atoms with Gasteiger partial charge in [0.1, 0.15) is 5.82 Å². The lowest BCUT2D eigenvalue weighted by Gasteiger charge is -2.39. The first-order valence-electron chi connectivity index (χ1n) is 7.09. The SMILES string of the molecule is CCC1CCN(c2ccn3nccc3n2)C(CN)C1. The maximum Gasteiger partial charge on any atom is 0.157 e. The summed E-state index contributed by atoms with van der Waals surface area (Å²) in [7, 11) is 0. The smallest absolute Gasteiger partial charge is 0.157 e. The molecule has 0 amide bonds. The molecule has 1 fully saturated rings. The molecule has 19 heavy (non-hydrogen) atoms. The molecule has 5 nitrogen and oxygen atoms in total. The average Bonchev–Trinajstić information content (AvgIpc) is 2.93. The van der Waals surface area contributed by atoms with Crippen LogP contribution in [0.5, 0.6) is 0 Å². The third-order valence-corrected chi connectivity index (χ3v) is 4.21. The van der Waals surface area contributed by atoms with Gasteiger partial charge in [-0.25, -0.2) is 9.50 Å². The van der Waals surface area contributed by atoms with E-state index in [9.17, 15) is 0 Å². The summed E-state index contributed by atoms with van der Waals surface area (Å²) in [6.45, 7) is 4.02. The second-order valence-corrected chi connectivity index (χ2v) is 5.30. The number of piperidine rings is 1. The van der Waals surface area contributed by atoms with Crippen molar-refractivity contribution in [1.82, 2.24) is 14.6 Å².